The quantitative estimate of drug-likeness (QED) is 0.683. The van der Waals surface area contributed by atoms with E-state index in [1.165, 1.54) is 5.56 Å². The fourth-order valence-electron chi connectivity index (χ4n) is 0.943. The summed E-state index contributed by atoms with van der Waals surface area (Å²) >= 11 is 0. The van der Waals surface area contributed by atoms with Crippen molar-refractivity contribution in [2.75, 3.05) is 7.05 Å². The minimum Gasteiger partial charge on any atom is -0.478 e. The highest BCUT2D eigenvalue weighted by atomic mass is 16.4. The maximum Gasteiger partial charge on any atom is 0.328 e. The van der Waals surface area contributed by atoms with Gasteiger partial charge in [-0.05, 0) is 12.6 Å². The molecule has 3 N–H and O–H groups in total. The largest absolute Gasteiger partial charge is 0.478 e. The van der Waals surface area contributed by atoms with E-state index in [9.17, 15) is 9.59 Å². The summed E-state index contributed by atoms with van der Waals surface area (Å²) in [5.74, 6) is -2.51. The Hall–Kier alpha value is -2.14. The van der Waals surface area contributed by atoms with Crippen LogP contribution in [0.15, 0.2) is 42.5 Å². The minimum absolute atomic E-state index is 0.558. The molecule has 0 radical (unpaired) electrons. The summed E-state index contributed by atoms with van der Waals surface area (Å²) in [4.78, 5) is 19.1. The van der Waals surface area contributed by atoms with E-state index >= 15 is 0 Å². The van der Waals surface area contributed by atoms with Crippen molar-refractivity contribution in [3.63, 3.8) is 0 Å². The van der Waals surface area contributed by atoms with Crippen molar-refractivity contribution < 1.29 is 19.8 Å². The normalized spacial score (nSPS) is 9.47. The molecule has 0 aliphatic heterocycles. The zero-order valence-electron chi connectivity index (χ0n) is 9.46. The molecule has 92 valence electrons. The number of benzene rings is 1. The molecule has 5 heteroatoms. The Balaban J connectivity index is 0.000000304. The van der Waals surface area contributed by atoms with Crippen LogP contribution in [0.4, 0.5) is 0 Å². The molecule has 0 fully saturated rings. The smallest absolute Gasteiger partial charge is 0.328 e. The average molecular weight is 237 g/mol. The number of hydrogen-bond acceptors (Lipinski definition) is 3. The standard InChI is InChI=1S/C8H11N.C4H4O4/c1-9-7-8-5-3-2-4-6-8;5-3(6)1-2-4(7)8/h2-6,9H,7H2,1H3;1-2H,(H,5,6)(H,7,8)/b;2-1-. The molecule has 1 aromatic rings. The zero-order chi connectivity index (χ0) is 13.1. The summed E-state index contributed by atoms with van der Waals surface area (Å²) < 4.78 is 0. The third-order valence-corrected chi connectivity index (χ3v) is 1.59. The van der Waals surface area contributed by atoms with Gasteiger partial charge >= 0.3 is 11.9 Å². The number of hydrogen-bond donors (Lipinski definition) is 3. The lowest BCUT2D eigenvalue weighted by Crippen LogP contribution is -2.04. The van der Waals surface area contributed by atoms with Gasteiger partial charge in [0.2, 0.25) is 0 Å². The summed E-state index contributed by atoms with van der Waals surface area (Å²) in [6.45, 7) is 0.959. The Morgan fingerprint density at radius 3 is 1.94 bits per heavy atom. The highest BCUT2D eigenvalue weighted by molar-refractivity contribution is 5.89. The predicted octanol–water partition coefficient (Wildman–Crippen LogP) is 1.12. The first-order valence-corrected chi connectivity index (χ1v) is 4.88. The van der Waals surface area contributed by atoms with Crippen LogP contribution in [0, 0.1) is 0 Å². The first-order valence-electron chi connectivity index (χ1n) is 4.88. The monoisotopic (exact) mass is 237 g/mol. The molecule has 0 aliphatic carbocycles. The first-order chi connectivity index (χ1) is 8.06. The molecule has 0 spiro atoms. The molecule has 0 saturated heterocycles. The Morgan fingerprint density at radius 2 is 1.59 bits per heavy atom. The summed E-state index contributed by atoms with van der Waals surface area (Å²) in [6, 6.07) is 10.3. The van der Waals surface area contributed by atoms with E-state index in [-0.39, 0.29) is 0 Å². The molecule has 0 aromatic heterocycles. The van der Waals surface area contributed by atoms with Crippen LogP contribution in [0.1, 0.15) is 5.56 Å². The lowest BCUT2D eigenvalue weighted by atomic mass is 10.2. The summed E-state index contributed by atoms with van der Waals surface area (Å²) in [5, 5.41) is 18.7. The van der Waals surface area contributed by atoms with Gasteiger partial charge in [-0.2, -0.15) is 0 Å². The Bertz CT molecular complexity index is 357. The van der Waals surface area contributed by atoms with E-state index in [1.54, 1.807) is 0 Å². The Labute approximate surface area is 99.4 Å². The first kappa shape index (κ1) is 14.9. The third-order valence-electron chi connectivity index (χ3n) is 1.59. The van der Waals surface area contributed by atoms with Crippen LogP contribution in [0.25, 0.3) is 0 Å². The minimum atomic E-state index is -1.26. The fraction of sp³-hybridized carbons (Fsp3) is 0.167. The van der Waals surface area contributed by atoms with Crippen molar-refractivity contribution in [3.8, 4) is 0 Å². The molecular formula is C12H15NO4. The van der Waals surface area contributed by atoms with Crippen molar-refractivity contribution >= 4 is 11.9 Å². The number of carboxylic acids is 2. The number of carboxylic acid groups (broad SMARTS) is 2. The molecule has 0 bridgehead atoms. The topological polar surface area (TPSA) is 86.6 Å². The summed E-state index contributed by atoms with van der Waals surface area (Å²) in [5.41, 5.74) is 1.33. The SMILES string of the molecule is CNCc1ccccc1.O=C(O)/C=C\C(=O)O. The van der Waals surface area contributed by atoms with Gasteiger partial charge in [-0.15, -0.1) is 0 Å². The van der Waals surface area contributed by atoms with Gasteiger partial charge < -0.3 is 15.5 Å². The lowest BCUT2D eigenvalue weighted by Gasteiger charge is -1.95. The average Bonchev–Trinajstić information content (AvgIpc) is 2.29. The van der Waals surface area contributed by atoms with Crippen LogP contribution in [0.3, 0.4) is 0 Å². The van der Waals surface area contributed by atoms with Crippen molar-refractivity contribution in [1.82, 2.24) is 5.32 Å². The van der Waals surface area contributed by atoms with E-state index in [2.05, 4.69) is 17.4 Å². The third kappa shape index (κ3) is 10.1. The van der Waals surface area contributed by atoms with Gasteiger partial charge in [0.15, 0.2) is 0 Å². The lowest BCUT2D eigenvalue weighted by molar-refractivity contribution is -0.134. The van der Waals surface area contributed by atoms with E-state index in [4.69, 9.17) is 10.2 Å². The summed E-state index contributed by atoms with van der Waals surface area (Å²) in [7, 11) is 1.95. The molecule has 0 saturated carbocycles. The van der Waals surface area contributed by atoms with Crippen LogP contribution in [0.5, 0.6) is 0 Å². The van der Waals surface area contributed by atoms with Crippen molar-refractivity contribution in [3.05, 3.63) is 48.0 Å². The van der Waals surface area contributed by atoms with Crippen LogP contribution in [-0.2, 0) is 16.1 Å². The van der Waals surface area contributed by atoms with Gasteiger partial charge in [-0.1, -0.05) is 30.3 Å². The maximum atomic E-state index is 9.55. The second-order valence-corrected chi connectivity index (χ2v) is 3.03. The molecular weight excluding hydrogens is 222 g/mol. The molecule has 1 rings (SSSR count). The summed E-state index contributed by atoms with van der Waals surface area (Å²) in [6.07, 6.45) is 1.12. The maximum absolute atomic E-state index is 9.55. The Kier molecular flexibility index (Phi) is 7.97. The predicted molar refractivity (Wildman–Crippen MR) is 63.6 cm³/mol. The van der Waals surface area contributed by atoms with E-state index in [0.29, 0.717) is 12.2 Å². The van der Waals surface area contributed by atoms with Crippen LogP contribution >= 0.6 is 0 Å². The molecule has 5 nitrogen and oxygen atoms in total. The molecule has 0 atom stereocenters. The van der Waals surface area contributed by atoms with E-state index in [1.807, 2.05) is 25.2 Å². The second-order valence-electron chi connectivity index (χ2n) is 3.03. The number of carbonyl (C=O) groups is 2. The zero-order valence-corrected chi connectivity index (χ0v) is 9.46. The van der Waals surface area contributed by atoms with Gasteiger partial charge in [-0.3, -0.25) is 0 Å². The molecule has 17 heavy (non-hydrogen) atoms. The second kappa shape index (κ2) is 9.11. The molecule has 0 heterocycles. The molecule has 0 amide bonds. The molecule has 0 aliphatic rings. The van der Waals surface area contributed by atoms with Crippen molar-refractivity contribution in [2.45, 2.75) is 6.54 Å². The van der Waals surface area contributed by atoms with Crippen molar-refractivity contribution in [2.24, 2.45) is 0 Å². The number of nitrogens with one attached hydrogen (secondary N) is 1. The highest BCUT2D eigenvalue weighted by Crippen LogP contribution is 1.95. The van der Waals surface area contributed by atoms with Crippen molar-refractivity contribution in [1.29, 1.82) is 0 Å². The van der Waals surface area contributed by atoms with Gasteiger partial charge in [0.05, 0.1) is 0 Å². The van der Waals surface area contributed by atoms with Gasteiger partial charge in [-0.25, -0.2) is 9.59 Å². The van der Waals surface area contributed by atoms with E-state index in [0.717, 1.165) is 6.54 Å². The molecule has 0 unspecified atom stereocenters. The van der Waals surface area contributed by atoms with Gasteiger partial charge in [0.25, 0.3) is 0 Å². The Morgan fingerprint density at radius 1 is 1.12 bits per heavy atom. The molecule has 1 aromatic carbocycles. The van der Waals surface area contributed by atoms with Crippen LogP contribution < -0.4 is 5.32 Å². The fourth-order valence-corrected chi connectivity index (χ4v) is 0.943. The highest BCUT2D eigenvalue weighted by Gasteiger charge is 1.88. The number of rotatable bonds is 4. The van der Waals surface area contributed by atoms with E-state index < -0.39 is 11.9 Å². The van der Waals surface area contributed by atoms with Crippen LogP contribution in [-0.4, -0.2) is 29.2 Å². The van der Waals surface area contributed by atoms with Crippen LogP contribution in [0.2, 0.25) is 0 Å². The van der Waals surface area contributed by atoms with Gasteiger partial charge in [0.1, 0.15) is 0 Å². The van der Waals surface area contributed by atoms with Gasteiger partial charge in [0, 0.05) is 18.7 Å². The number of aliphatic carboxylic acids is 2.